The predicted octanol–water partition coefficient (Wildman–Crippen LogP) is 2.64. The van der Waals surface area contributed by atoms with Crippen LogP contribution in [0.5, 0.6) is 0 Å². The molecular formula is C17H15FN6OS2. The Balaban J connectivity index is 1.54. The second-order valence-corrected chi connectivity index (χ2v) is 7.60. The lowest BCUT2D eigenvalue weighted by atomic mass is 10.1. The number of hydrogen-bond acceptors (Lipinski definition) is 7. The molecule has 3 heterocycles. The lowest BCUT2D eigenvalue weighted by Gasteiger charge is -2.01. The van der Waals surface area contributed by atoms with E-state index in [1.165, 1.54) is 27.3 Å². The molecule has 138 valence electrons. The number of aromatic nitrogens is 5. The Hall–Kier alpha value is -2.69. The van der Waals surface area contributed by atoms with Crippen LogP contribution in [-0.2, 0) is 13.1 Å². The highest BCUT2D eigenvalue weighted by Gasteiger charge is 2.10. The van der Waals surface area contributed by atoms with Gasteiger partial charge in [-0.25, -0.2) is 13.9 Å². The van der Waals surface area contributed by atoms with E-state index in [-0.39, 0.29) is 18.8 Å². The molecule has 27 heavy (non-hydrogen) atoms. The Morgan fingerprint density at radius 1 is 1.22 bits per heavy atom. The molecule has 0 unspecified atom stereocenters. The van der Waals surface area contributed by atoms with Gasteiger partial charge in [-0.3, -0.25) is 4.57 Å². The van der Waals surface area contributed by atoms with Crippen LogP contribution >= 0.6 is 23.1 Å². The van der Waals surface area contributed by atoms with Crippen LogP contribution in [-0.4, -0.2) is 29.6 Å². The van der Waals surface area contributed by atoms with Gasteiger partial charge in [-0.05, 0) is 35.4 Å². The van der Waals surface area contributed by atoms with E-state index in [2.05, 4.69) is 13.8 Å². The number of benzene rings is 1. The van der Waals surface area contributed by atoms with Crippen molar-refractivity contribution >= 4 is 34.1 Å². The molecule has 0 spiro atoms. The lowest BCUT2D eigenvalue weighted by Crippen LogP contribution is -2.26. The second kappa shape index (κ2) is 7.51. The highest BCUT2D eigenvalue weighted by molar-refractivity contribution is 7.15. The number of halogens is 1. The molecule has 0 saturated heterocycles. The van der Waals surface area contributed by atoms with Crippen LogP contribution in [0.25, 0.3) is 21.5 Å². The molecular weight excluding hydrogens is 387 g/mol. The van der Waals surface area contributed by atoms with Crippen molar-refractivity contribution < 1.29 is 4.39 Å². The summed E-state index contributed by atoms with van der Waals surface area (Å²) in [5.41, 5.74) is 8.28. The maximum atomic E-state index is 12.7. The van der Waals surface area contributed by atoms with E-state index in [4.69, 9.17) is 5.73 Å². The topological polar surface area (TPSA) is 91.6 Å². The Morgan fingerprint density at radius 3 is 2.89 bits per heavy atom. The zero-order valence-corrected chi connectivity index (χ0v) is 15.7. The van der Waals surface area contributed by atoms with E-state index in [1.807, 2.05) is 30.3 Å². The van der Waals surface area contributed by atoms with E-state index in [0.717, 1.165) is 26.4 Å². The minimum absolute atomic E-state index is 0.0446. The monoisotopic (exact) mass is 402 g/mol. The highest BCUT2D eigenvalue weighted by Crippen LogP contribution is 2.30. The molecule has 0 amide bonds. The van der Waals surface area contributed by atoms with Crippen LogP contribution in [0.1, 0.15) is 4.88 Å². The van der Waals surface area contributed by atoms with Crippen LogP contribution in [0.3, 0.4) is 0 Å². The molecule has 0 atom stereocenters. The lowest BCUT2D eigenvalue weighted by molar-refractivity contribution is 0.604. The standard InChI is InChI=1S/C17H15FN6OS2/c18-6-11(7-19)8-24-17(25)23(10-20-24)9-13-2-4-16(26-13)12-1-3-14-15(5-12)22-27-21-14/h1-6,10H,7-9,19H2/b11-6+. The molecule has 4 rings (SSSR count). The van der Waals surface area contributed by atoms with E-state index in [1.54, 1.807) is 11.3 Å². The largest absolute Gasteiger partial charge is 0.346 e. The van der Waals surface area contributed by atoms with Crippen molar-refractivity contribution in [2.45, 2.75) is 13.1 Å². The number of nitrogens with zero attached hydrogens (tertiary/aromatic N) is 5. The van der Waals surface area contributed by atoms with Crippen LogP contribution in [0.4, 0.5) is 4.39 Å². The Kier molecular flexibility index (Phi) is 4.92. The molecule has 4 aromatic rings. The van der Waals surface area contributed by atoms with Crippen molar-refractivity contribution in [3.63, 3.8) is 0 Å². The van der Waals surface area contributed by atoms with Crippen molar-refractivity contribution in [3.05, 3.63) is 63.9 Å². The molecule has 7 nitrogen and oxygen atoms in total. The quantitative estimate of drug-likeness (QED) is 0.535. The van der Waals surface area contributed by atoms with Crippen molar-refractivity contribution in [1.29, 1.82) is 0 Å². The summed E-state index contributed by atoms with van der Waals surface area (Å²) in [7, 11) is 0. The van der Waals surface area contributed by atoms with Gasteiger partial charge < -0.3 is 5.73 Å². The first-order chi connectivity index (χ1) is 13.2. The average molecular weight is 402 g/mol. The Morgan fingerprint density at radius 2 is 2.07 bits per heavy atom. The van der Waals surface area contributed by atoms with Gasteiger partial charge in [0.1, 0.15) is 17.4 Å². The Bertz CT molecular complexity index is 1170. The number of hydrogen-bond donors (Lipinski definition) is 1. The maximum Gasteiger partial charge on any atom is 0.346 e. The molecule has 0 aliphatic carbocycles. The third-order valence-corrected chi connectivity index (χ3v) is 5.77. The molecule has 2 N–H and O–H groups in total. The summed E-state index contributed by atoms with van der Waals surface area (Å²) in [4.78, 5) is 14.5. The van der Waals surface area contributed by atoms with Gasteiger partial charge in [0, 0.05) is 16.3 Å². The molecule has 0 radical (unpaired) electrons. The maximum absolute atomic E-state index is 12.7. The predicted molar refractivity (Wildman–Crippen MR) is 105 cm³/mol. The smallest absolute Gasteiger partial charge is 0.327 e. The molecule has 1 aromatic carbocycles. The zero-order valence-electron chi connectivity index (χ0n) is 14.1. The minimum Gasteiger partial charge on any atom is -0.327 e. The van der Waals surface area contributed by atoms with Crippen LogP contribution in [0.2, 0.25) is 0 Å². The minimum atomic E-state index is -0.298. The third kappa shape index (κ3) is 3.59. The highest BCUT2D eigenvalue weighted by atomic mass is 32.1. The van der Waals surface area contributed by atoms with Crippen LogP contribution < -0.4 is 11.4 Å². The van der Waals surface area contributed by atoms with Gasteiger partial charge in [0.2, 0.25) is 0 Å². The van der Waals surface area contributed by atoms with Crippen molar-refractivity contribution in [2.24, 2.45) is 5.73 Å². The molecule has 0 saturated carbocycles. The summed E-state index contributed by atoms with van der Waals surface area (Å²) in [6.45, 7) is 0.500. The molecule has 0 bridgehead atoms. The first-order valence-electron chi connectivity index (χ1n) is 8.10. The van der Waals surface area contributed by atoms with Crippen molar-refractivity contribution in [2.75, 3.05) is 6.54 Å². The summed E-state index contributed by atoms with van der Waals surface area (Å²) >= 11 is 2.80. The van der Waals surface area contributed by atoms with Gasteiger partial charge in [0.15, 0.2) is 0 Å². The fourth-order valence-corrected chi connectivity index (χ4v) is 4.17. The SMILES string of the molecule is NC/C(=C\F)Cn1ncn(Cc2ccc(-c3ccc4nsnc4c3)s2)c1=O. The Labute approximate surface area is 161 Å². The van der Waals surface area contributed by atoms with E-state index in [9.17, 15) is 9.18 Å². The van der Waals surface area contributed by atoms with E-state index >= 15 is 0 Å². The molecule has 0 fully saturated rings. The van der Waals surface area contributed by atoms with Crippen molar-refractivity contribution in [3.8, 4) is 10.4 Å². The molecule has 10 heteroatoms. The summed E-state index contributed by atoms with van der Waals surface area (Å²) in [5, 5.41) is 4.04. The van der Waals surface area contributed by atoms with Gasteiger partial charge in [0.25, 0.3) is 0 Å². The fraction of sp³-hybridized carbons (Fsp3) is 0.176. The van der Waals surface area contributed by atoms with Gasteiger partial charge >= 0.3 is 5.69 Å². The number of thiophene rings is 1. The third-order valence-electron chi connectivity index (χ3n) is 4.09. The number of fused-ring (bicyclic) bond motifs is 1. The normalized spacial score (nSPS) is 12.1. The first kappa shape index (κ1) is 17.7. The summed E-state index contributed by atoms with van der Waals surface area (Å²) in [5.74, 6) is 0. The van der Waals surface area contributed by atoms with Gasteiger partial charge in [0.05, 0.1) is 31.1 Å². The molecule has 0 aliphatic rings. The van der Waals surface area contributed by atoms with Gasteiger partial charge in [-0.1, -0.05) is 6.07 Å². The summed E-state index contributed by atoms with van der Waals surface area (Å²) in [6.07, 6.45) is 1.88. The first-order valence-corrected chi connectivity index (χ1v) is 9.64. The number of nitrogens with two attached hydrogens (primary N) is 1. The molecule has 0 aliphatic heterocycles. The van der Waals surface area contributed by atoms with Crippen molar-refractivity contribution in [1.82, 2.24) is 23.1 Å². The fourth-order valence-electron chi connectivity index (χ4n) is 2.65. The van der Waals surface area contributed by atoms with Crippen LogP contribution in [0, 0.1) is 0 Å². The zero-order chi connectivity index (χ0) is 18.8. The van der Waals surface area contributed by atoms with Crippen LogP contribution in [0.15, 0.2) is 53.4 Å². The van der Waals surface area contributed by atoms with E-state index in [0.29, 0.717) is 18.4 Å². The van der Waals surface area contributed by atoms with Gasteiger partial charge in [-0.2, -0.15) is 13.8 Å². The summed E-state index contributed by atoms with van der Waals surface area (Å²) in [6, 6.07) is 9.99. The summed E-state index contributed by atoms with van der Waals surface area (Å²) < 4.78 is 23.9. The average Bonchev–Trinajstić information content (AvgIpc) is 3.41. The van der Waals surface area contributed by atoms with E-state index < -0.39 is 0 Å². The second-order valence-electron chi connectivity index (χ2n) is 5.90. The molecule has 3 aromatic heterocycles. The van der Waals surface area contributed by atoms with Gasteiger partial charge in [-0.15, -0.1) is 11.3 Å². The number of rotatable bonds is 6.